The molecular weight excluding hydrogens is 294 g/mol. The number of hydrogen-bond acceptors (Lipinski definition) is 6. The highest BCUT2D eigenvalue weighted by atomic mass is 16.5. The maximum atomic E-state index is 9.27. The number of aromatic nitrogens is 3. The van der Waals surface area contributed by atoms with Gasteiger partial charge in [-0.15, -0.1) is 0 Å². The summed E-state index contributed by atoms with van der Waals surface area (Å²) >= 11 is 0. The van der Waals surface area contributed by atoms with Gasteiger partial charge in [0.15, 0.2) is 5.89 Å². The molecule has 0 atom stereocenters. The smallest absolute Gasteiger partial charge is 0.227 e. The molecule has 0 spiro atoms. The quantitative estimate of drug-likeness (QED) is 0.793. The lowest BCUT2D eigenvalue weighted by atomic mass is 9.97. The van der Waals surface area contributed by atoms with E-state index >= 15 is 0 Å². The normalized spacial score (nSPS) is 11.8. The number of phenols is 1. The van der Waals surface area contributed by atoms with Crippen LogP contribution in [0.3, 0.4) is 0 Å². The maximum absolute atomic E-state index is 9.27. The van der Waals surface area contributed by atoms with E-state index in [0.29, 0.717) is 29.7 Å². The highest BCUT2D eigenvalue weighted by molar-refractivity contribution is 5.46. The minimum atomic E-state index is -0.163. The van der Waals surface area contributed by atoms with Gasteiger partial charge in [-0.25, -0.2) is 4.98 Å². The zero-order valence-electron chi connectivity index (χ0n) is 13.4. The fourth-order valence-corrected chi connectivity index (χ4v) is 2.10. The molecule has 0 fully saturated rings. The van der Waals surface area contributed by atoms with Crippen LogP contribution in [-0.4, -0.2) is 20.2 Å². The first-order chi connectivity index (χ1) is 10.9. The van der Waals surface area contributed by atoms with Gasteiger partial charge in [-0.05, 0) is 24.1 Å². The average Bonchev–Trinajstić information content (AvgIpc) is 3.15. The van der Waals surface area contributed by atoms with Crippen molar-refractivity contribution in [1.82, 2.24) is 15.1 Å². The number of aromatic hydroxyl groups is 1. The number of benzene rings is 1. The average molecular weight is 313 g/mol. The van der Waals surface area contributed by atoms with E-state index in [9.17, 15) is 5.11 Å². The lowest BCUT2D eigenvalue weighted by molar-refractivity contribution is 0.378. The summed E-state index contributed by atoms with van der Waals surface area (Å²) in [6.45, 7) is 6.09. The predicted molar refractivity (Wildman–Crippen MR) is 84.0 cm³/mol. The van der Waals surface area contributed by atoms with Crippen molar-refractivity contribution in [2.75, 3.05) is 0 Å². The van der Waals surface area contributed by atoms with Gasteiger partial charge in [-0.2, -0.15) is 4.98 Å². The molecule has 0 amide bonds. The number of hydrogen-bond donors (Lipinski definition) is 1. The molecule has 120 valence electrons. The monoisotopic (exact) mass is 313 g/mol. The number of aryl methyl sites for hydroxylation is 2. The summed E-state index contributed by atoms with van der Waals surface area (Å²) < 4.78 is 10.7. The van der Waals surface area contributed by atoms with Crippen molar-refractivity contribution >= 4 is 0 Å². The molecule has 0 radical (unpaired) electrons. The topological polar surface area (TPSA) is 85.2 Å². The summed E-state index contributed by atoms with van der Waals surface area (Å²) in [6, 6.07) is 7.08. The van der Waals surface area contributed by atoms with Gasteiger partial charge in [0.25, 0.3) is 0 Å². The highest BCUT2D eigenvalue weighted by Crippen LogP contribution is 2.24. The SMILES string of the molecule is CC(C)(C)c1nc(-c2noc(CCc3ccc(O)cc3)n2)co1. The number of oxazole rings is 1. The summed E-state index contributed by atoms with van der Waals surface area (Å²) in [5, 5.41) is 13.2. The molecule has 3 aromatic rings. The fraction of sp³-hybridized carbons (Fsp3) is 0.353. The van der Waals surface area contributed by atoms with E-state index in [1.165, 1.54) is 0 Å². The van der Waals surface area contributed by atoms with E-state index < -0.39 is 0 Å². The lowest BCUT2D eigenvalue weighted by Crippen LogP contribution is -2.11. The van der Waals surface area contributed by atoms with E-state index in [0.717, 1.165) is 12.0 Å². The molecule has 1 aromatic carbocycles. The number of rotatable bonds is 4. The molecule has 6 heteroatoms. The van der Waals surface area contributed by atoms with Crippen molar-refractivity contribution in [2.45, 2.75) is 39.0 Å². The molecule has 0 aliphatic rings. The van der Waals surface area contributed by atoms with Gasteiger partial charge in [-0.3, -0.25) is 0 Å². The highest BCUT2D eigenvalue weighted by Gasteiger charge is 2.22. The second-order valence-corrected chi connectivity index (χ2v) is 6.47. The van der Waals surface area contributed by atoms with E-state index in [-0.39, 0.29) is 11.2 Å². The molecule has 2 heterocycles. The third-order valence-corrected chi connectivity index (χ3v) is 3.41. The van der Waals surface area contributed by atoms with Crippen LogP contribution in [0.5, 0.6) is 5.75 Å². The van der Waals surface area contributed by atoms with Crippen LogP contribution in [0, 0.1) is 0 Å². The Morgan fingerprint density at radius 2 is 1.78 bits per heavy atom. The van der Waals surface area contributed by atoms with E-state index in [2.05, 4.69) is 15.1 Å². The van der Waals surface area contributed by atoms with Crippen molar-refractivity contribution in [3.05, 3.63) is 47.9 Å². The second kappa shape index (κ2) is 5.87. The largest absolute Gasteiger partial charge is 0.508 e. The summed E-state index contributed by atoms with van der Waals surface area (Å²) in [4.78, 5) is 8.77. The second-order valence-electron chi connectivity index (χ2n) is 6.47. The molecule has 2 aromatic heterocycles. The van der Waals surface area contributed by atoms with Crippen LogP contribution in [-0.2, 0) is 18.3 Å². The first-order valence-electron chi connectivity index (χ1n) is 7.49. The number of nitrogens with zero attached hydrogens (tertiary/aromatic N) is 3. The fourth-order valence-electron chi connectivity index (χ4n) is 2.10. The Kier molecular flexibility index (Phi) is 3.90. The van der Waals surface area contributed by atoms with Crippen molar-refractivity contribution < 1.29 is 14.0 Å². The Bertz CT molecular complexity index is 782. The van der Waals surface area contributed by atoms with Gasteiger partial charge in [0.2, 0.25) is 11.7 Å². The van der Waals surface area contributed by atoms with Crippen molar-refractivity contribution in [3.8, 4) is 17.3 Å². The van der Waals surface area contributed by atoms with Crippen LogP contribution in [0.15, 0.2) is 39.5 Å². The van der Waals surface area contributed by atoms with Crippen molar-refractivity contribution in [3.63, 3.8) is 0 Å². The molecule has 3 rings (SSSR count). The minimum absolute atomic E-state index is 0.163. The van der Waals surface area contributed by atoms with Gasteiger partial charge >= 0.3 is 0 Å². The third-order valence-electron chi connectivity index (χ3n) is 3.41. The Morgan fingerprint density at radius 3 is 2.43 bits per heavy atom. The summed E-state index contributed by atoms with van der Waals surface area (Å²) in [7, 11) is 0. The first-order valence-corrected chi connectivity index (χ1v) is 7.49. The zero-order valence-corrected chi connectivity index (χ0v) is 13.4. The van der Waals surface area contributed by atoms with Gasteiger partial charge < -0.3 is 14.0 Å². The number of phenolic OH excluding ortho intramolecular Hbond substituents is 1. The lowest BCUT2D eigenvalue weighted by Gasteiger charge is -2.11. The van der Waals surface area contributed by atoms with Crippen LogP contribution in [0.2, 0.25) is 0 Å². The summed E-state index contributed by atoms with van der Waals surface area (Å²) in [5.74, 6) is 1.88. The molecule has 0 saturated heterocycles. The van der Waals surface area contributed by atoms with E-state index in [1.54, 1.807) is 18.4 Å². The van der Waals surface area contributed by atoms with Crippen LogP contribution in [0.4, 0.5) is 0 Å². The Balaban J connectivity index is 1.68. The summed E-state index contributed by atoms with van der Waals surface area (Å²) in [6.07, 6.45) is 2.94. The maximum Gasteiger partial charge on any atom is 0.227 e. The predicted octanol–water partition coefficient (Wildman–Crippen LogP) is 3.51. The van der Waals surface area contributed by atoms with Gasteiger partial charge in [0.05, 0.1) is 0 Å². The van der Waals surface area contributed by atoms with Crippen LogP contribution >= 0.6 is 0 Å². The molecule has 1 N–H and O–H groups in total. The molecule has 0 saturated carbocycles. The molecule has 0 aliphatic heterocycles. The van der Waals surface area contributed by atoms with Gasteiger partial charge in [-0.1, -0.05) is 38.1 Å². The Morgan fingerprint density at radius 1 is 1.04 bits per heavy atom. The summed E-state index contributed by atoms with van der Waals surface area (Å²) in [5.41, 5.74) is 1.51. The molecule has 0 bridgehead atoms. The van der Waals surface area contributed by atoms with Crippen molar-refractivity contribution in [1.29, 1.82) is 0 Å². The molecule has 0 unspecified atom stereocenters. The standard InChI is InChI=1S/C17H19N3O3/c1-17(2,3)16-18-13(10-22-16)15-19-14(23-20-15)9-6-11-4-7-12(21)8-5-11/h4-5,7-8,10,21H,6,9H2,1-3H3. The molecule has 0 aliphatic carbocycles. The van der Waals surface area contributed by atoms with Crippen LogP contribution in [0.25, 0.3) is 11.5 Å². The van der Waals surface area contributed by atoms with Crippen molar-refractivity contribution in [2.24, 2.45) is 0 Å². The molecule has 23 heavy (non-hydrogen) atoms. The minimum Gasteiger partial charge on any atom is -0.508 e. The first kappa shape index (κ1) is 15.3. The Labute approximate surface area is 134 Å². The molecule has 6 nitrogen and oxygen atoms in total. The van der Waals surface area contributed by atoms with Gasteiger partial charge in [0, 0.05) is 11.8 Å². The zero-order chi connectivity index (χ0) is 16.4. The van der Waals surface area contributed by atoms with E-state index in [1.807, 2.05) is 32.9 Å². The van der Waals surface area contributed by atoms with E-state index in [4.69, 9.17) is 8.94 Å². The van der Waals surface area contributed by atoms with Crippen LogP contribution < -0.4 is 0 Å². The van der Waals surface area contributed by atoms with Gasteiger partial charge in [0.1, 0.15) is 17.7 Å². The Hall–Kier alpha value is -2.63. The van der Waals surface area contributed by atoms with Crippen LogP contribution in [0.1, 0.15) is 38.1 Å². The molecular formula is C17H19N3O3. The third kappa shape index (κ3) is 3.59.